The van der Waals surface area contributed by atoms with E-state index in [1.807, 2.05) is 0 Å². The lowest BCUT2D eigenvalue weighted by molar-refractivity contribution is -0.144. The molecule has 21 heteroatoms. The van der Waals surface area contributed by atoms with Crippen LogP contribution in [-0.4, -0.2) is 117 Å². The predicted octanol–water partition coefficient (Wildman–Crippen LogP) is -4.37. The fourth-order valence-corrected chi connectivity index (χ4v) is 3.95. The molecule has 0 fully saturated rings. The zero-order valence-electron chi connectivity index (χ0n) is 27.6. The molecular weight excluding hydrogens is 656 g/mol. The van der Waals surface area contributed by atoms with Crippen molar-refractivity contribution < 1.29 is 63.3 Å². The third-order valence-electron chi connectivity index (χ3n) is 6.53. The zero-order chi connectivity index (χ0) is 38.0. The van der Waals surface area contributed by atoms with Gasteiger partial charge in [-0.15, -0.1) is 0 Å². The van der Waals surface area contributed by atoms with Crippen molar-refractivity contribution in [3.63, 3.8) is 0 Å². The van der Waals surface area contributed by atoms with Gasteiger partial charge in [0.2, 0.25) is 41.4 Å². The second-order valence-electron chi connectivity index (χ2n) is 11.5. The van der Waals surface area contributed by atoms with Crippen LogP contribution in [0, 0.1) is 5.92 Å². The number of hydrogen-bond acceptors (Lipinski definition) is 11. The Kier molecular flexibility index (Phi) is 19.2. The van der Waals surface area contributed by atoms with Gasteiger partial charge in [0.1, 0.15) is 30.2 Å². The summed E-state index contributed by atoms with van der Waals surface area (Å²) in [5, 5.41) is 41.1. The summed E-state index contributed by atoms with van der Waals surface area (Å²) in [4.78, 5) is 119. The summed E-state index contributed by atoms with van der Waals surface area (Å²) in [6.45, 7) is 5.89. The van der Waals surface area contributed by atoms with E-state index in [1.54, 1.807) is 13.8 Å². The van der Waals surface area contributed by atoms with Crippen LogP contribution in [0.15, 0.2) is 0 Å². The van der Waals surface area contributed by atoms with Crippen LogP contribution in [0.5, 0.6) is 0 Å². The van der Waals surface area contributed by atoms with Crippen LogP contribution in [0.1, 0.15) is 66.2 Å². The van der Waals surface area contributed by atoms with Crippen LogP contribution in [0.2, 0.25) is 0 Å². The van der Waals surface area contributed by atoms with Crippen LogP contribution >= 0.6 is 0 Å². The normalized spacial score (nSPS) is 14.4. The Labute approximate surface area is 281 Å². The van der Waals surface area contributed by atoms with Crippen molar-refractivity contribution in [2.45, 2.75) is 102 Å². The summed E-state index contributed by atoms with van der Waals surface area (Å²) in [7, 11) is 0. The van der Waals surface area contributed by atoms with Gasteiger partial charge in [-0.25, -0.2) is 9.59 Å². The lowest BCUT2D eigenvalue weighted by Gasteiger charge is -2.23. The Hall–Kier alpha value is -5.34. The SMILES string of the molecule is CC(C)C[C@H](NC(=O)[C@@H](C)N)C(=O)N[C@@H](CC(=O)N[C@@H](C)C(=O)NCCC(=O)N[C@H](CCC(=O)N[C@@H](CC(=O)O)C(N)=O)C(=O)O)C(=O)O. The highest BCUT2D eigenvalue weighted by Crippen LogP contribution is 2.07. The van der Waals surface area contributed by atoms with Gasteiger partial charge >= 0.3 is 17.9 Å². The summed E-state index contributed by atoms with van der Waals surface area (Å²) >= 11 is 0. The van der Waals surface area contributed by atoms with Gasteiger partial charge in [0.05, 0.1) is 18.9 Å². The Morgan fingerprint density at radius 3 is 1.61 bits per heavy atom. The molecule has 0 radical (unpaired) electrons. The van der Waals surface area contributed by atoms with E-state index in [1.165, 1.54) is 13.8 Å². The standard InChI is InChI=1S/C28H46N8O13/c1-12(2)9-17(35-24(43)13(3)29)26(45)36-18(28(48)49)10-21(39)32-14(4)25(44)31-8-7-20(38)33-15(27(46)47)5-6-19(37)34-16(23(30)42)11-22(40)41/h12-18H,5-11,29H2,1-4H3,(H2,30,42)(H,31,44)(H,32,39)(H,33,38)(H,34,37)(H,35,43)(H,36,45)(H,40,41)(H,46,47)(H,48,49)/t13-,14+,15-,16+,17+,18+/m1/s1. The molecule has 0 saturated heterocycles. The first-order valence-corrected chi connectivity index (χ1v) is 15.1. The molecule has 0 saturated carbocycles. The maximum atomic E-state index is 12.8. The van der Waals surface area contributed by atoms with Crippen molar-refractivity contribution in [3.8, 4) is 0 Å². The molecule has 0 aliphatic heterocycles. The average Bonchev–Trinajstić information content (AvgIpc) is 2.97. The largest absolute Gasteiger partial charge is 0.481 e. The predicted molar refractivity (Wildman–Crippen MR) is 167 cm³/mol. The van der Waals surface area contributed by atoms with E-state index in [-0.39, 0.29) is 18.9 Å². The van der Waals surface area contributed by atoms with Gasteiger partial charge in [-0.1, -0.05) is 13.8 Å². The second-order valence-corrected chi connectivity index (χ2v) is 11.5. The molecule has 6 atom stereocenters. The highest BCUT2D eigenvalue weighted by molar-refractivity contribution is 5.94. The number of carboxylic acids is 3. The van der Waals surface area contributed by atoms with E-state index in [2.05, 4.69) is 31.9 Å². The van der Waals surface area contributed by atoms with E-state index in [0.29, 0.717) is 0 Å². The Bertz CT molecular complexity index is 1260. The van der Waals surface area contributed by atoms with Gasteiger partial charge in [-0.05, 0) is 32.6 Å². The van der Waals surface area contributed by atoms with Crippen LogP contribution in [0.3, 0.4) is 0 Å². The van der Waals surface area contributed by atoms with Gasteiger partial charge in [0.25, 0.3) is 0 Å². The Morgan fingerprint density at radius 1 is 0.592 bits per heavy atom. The highest BCUT2D eigenvalue weighted by Gasteiger charge is 2.30. The lowest BCUT2D eigenvalue weighted by atomic mass is 10.0. The van der Waals surface area contributed by atoms with Crippen molar-refractivity contribution >= 4 is 59.3 Å². The Balaban J connectivity index is 4.94. The minimum atomic E-state index is -1.71. The van der Waals surface area contributed by atoms with E-state index in [4.69, 9.17) is 16.6 Å². The molecule has 21 nitrogen and oxygen atoms in total. The van der Waals surface area contributed by atoms with Crippen molar-refractivity contribution in [1.82, 2.24) is 31.9 Å². The molecule has 0 aliphatic carbocycles. The molecule has 0 unspecified atom stereocenters. The van der Waals surface area contributed by atoms with Gasteiger partial charge < -0.3 is 58.7 Å². The fraction of sp³-hybridized carbons (Fsp3) is 0.643. The molecule has 276 valence electrons. The maximum Gasteiger partial charge on any atom is 0.326 e. The second kappa shape index (κ2) is 21.5. The topological polar surface area (TPSA) is 356 Å². The third kappa shape index (κ3) is 18.6. The average molecular weight is 703 g/mol. The molecule has 0 heterocycles. The molecule has 49 heavy (non-hydrogen) atoms. The number of nitrogens with one attached hydrogen (secondary N) is 6. The first-order chi connectivity index (χ1) is 22.6. The molecule has 13 N–H and O–H groups in total. The van der Waals surface area contributed by atoms with Gasteiger partial charge in [-0.2, -0.15) is 0 Å². The molecule has 0 bridgehead atoms. The molecular formula is C28H46N8O13. The number of nitrogens with two attached hydrogens (primary N) is 2. The summed E-state index contributed by atoms with van der Waals surface area (Å²) in [6, 6.07) is -8.07. The summed E-state index contributed by atoms with van der Waals surface area (Å²) < 4.78 is 0. The first kappa shape index (κ1) is 43.7. The summed E-state index contributed by atoms with van der Waals surface area (Å²) in [6.07, 6.45) is -2.77. The van der Waals surface area contributed by atoms with Crippen molar-refractivity contribution in [2.75, 3.05) is 6.54 Å². The quantitative estimate of drug-likeness (QED) is 0.0479. The molecule has 0 spiro atoms. The number of carbonyl (C=O) groups excluding carboxylic acids is 7. The molecule has 0 aliphatic rings. The van der Waals surface area contributed by atoms with Gasteiger partial charge in [0.15, 0.2) is 0 Å². The number of primary amides is 1. The van der Waals surface area contributed by atoms with Gasteiger partial charge in [-0.3, -0.25) is 38.4 Å². The van der Waals surface area contributed by atoms with E-state index < -0.39 is 128 Å². The summed E-state index contributed by atoms with van der Waals surface area (Å²) in [5.74, 6) is -10.6. The molecule has 0 rings (SSSR count). The fourth-order valence-electron chi connectivity index (χ4n) is 3.95. The molecule has 0 aromatic heterocycles. The van der Waals surface area contributed by atoms with E-state index >= 15 is 0 Å². The minimum Gasteiger partial charge on any atom is -0.481 e. The lowest BCUT2D eigenvalue weighted by Crippen LogP contribution is -2.55. The highest BCUT2D eigenvalue weighted by atomic mass is 16.4. The molecule has 0 aromatic rings. The summed E-state index contributed by atoms with van der Waals surface area (Å²) in [5.41, 5.74) is 10.6. The van der Waals surface area contributed by atoms with Crippen LogP contribution < -0.4 is 43.4 Å². The minimum absolute atomic E-state index is 0.0740. The Morgan fingerprint density at radius 2 is 1.12 bits per heavy atom. The van der Waals surface area contributed by atoms with E-state index in [9.17, 15) is 58.2 Å². The molecule has 7 amide bonds. The smallest absolute Gasteiger partial charge is 0.326 e. The van der Waals surface area contributed by atoms with Crippen molar-refractivity contribution in [1.29, 1.82) is 0 Å². The zero-order valence-corrected chi connectivity index (χ0v) is 27.6. The monoisotopic (exact) mass is 702 g/mol. The van der Waals surface area contributed by atoms with Crippen molar-refractivity contribution in [2.24, 2.45) is 17.4 Å². The number of amides is 7. The van der Waals surface area contributed by atoms with Crippen LogP contribution in [-0.2, 0) is 47.9 Å². The van der Waals surface area contributed by atoms with E-state index in [0.717, 1.165) is 0 Å². The number of aliphatic carboxylic acids is 3. The first-order valence-electron chi connectivity index (χ1n) is 15.1. The van der Waals surface area contributed by atoms with Crippen LogP contribution in [0.4, 0.5) is 0 Å². The number of carboxylic acid groups (broad SMARTS) is 3. The maximum absolute atomic E-state index is 12.8. The van der Waals surface area contributed by atoms with Crippen LogP contribution in [0.25, 0.3) is 0 Å². The number of hydrogen-bond donors (Lipinski definition) is 11. The third-order valence-corrected chi connectivity index (χ3v) is 6.53. The molecule has 0 aromatic carbocycles. The number of rotatable bonds is 23. The van der Waals surface area contributed by atoms with Gasteiger partial charge in [0, 0.05) is 19.4 Å². The number of carbonyl (C=O) groups is 10. The van der Waals surface area contributed by atoms with Crippen molar-refractivity contribution in [3.05, 3.63) is 0 Å².